The van der Waals surface area contributed by atoms with Crippen LogP contribution in [0.15, 0.2) is 51.9 Å². The molecule has 1 aromatic carbocycles. The first-order chi connectivity index (χ1) is 13.8. The van der Waals surface area contributed by atoms with Gasteiger partial charge in [-0.1, -0.05) is 24.1 Å². The predicted octanol–water partition coefficient (Wildman–Crippen LogP) is 3.58. The van der Waals surface area contributed by atoms with Crippen molar-refractivity contribution >= 4 is 27.4 Å². The van der Waals surface area contributed by atoms with Gasteiger partial charge in [0.1, 0.15) is 10.6 Å². The maximum Gasteiger partial charge on any atom is 0.165 e. The number of hydrogen-bond donors (Lipinski definition) is 1. The van der Waals surface area contributed by atoms with E-state index in [0.717, 1.165) is 17.6 Å². The molecular weight excluding hydrogens is 400 g/mol. The highest BCUT2D eigenvalue weighted by molar-refractivity contribution is 8.00. The van der Waals surface area contributed by atoms with Gasteiger partial charge in [0.2, 0.25) is 0 Å². The molecule has 4 aliphatic rings. The number of amidine groups is 1. The van der Waals surface area contributed by atoms with E-state index in [-0.39, 0.29) is 11.7 Å². The Morgan fingerprint density at radius 1 is 1.31 bits per heavy atom. The number of sulfone groups is 1. The van der Waals surface area contributed by atoms with E-state index >= 15 is 0 Å². The van der Waals surface area contributed by atoms with Crippen molar-refractivity contribution in [2.24, 2.45) is 10.7 Å². The number of thioether (sulfide) groups is 1. The quantitative estimate of drug-likeness (QED) is 0.700. The summed E-state index contributed by atoms with van der Waals surface area (Å²) >= 11 is 1.85. The highest BCUT2D eigenvalue weighted by Gasteiger charge is 2.58. The average Bonchev–Trinajstić information content (AvgIpc) is 2.96. The lowest BCUT2D eigenvalue weighted by molar-refractivity contribution is 0.399. The number of aliphatic imine (C=N–C) groups is 1. The molecule has 0 bridgehead atoms. The van der Waals surface area contributed by atoms with Gasteiger partial charge in [0, 0.05) is 21.6 Å². The molecule has 1 saturated carbocycles. The van der Waals surface area contributed by atoms with Crippen molar-refractivity contribution in [1.29, 1.82) is 0 Å². The Hall–Kier alpha value is -1.97. The van der Waals surface area contributed by atoms with Gasteiger partial charge in [0.05, 0.1) is 11.3 Å². The molecule has 0 saturated heterocycles. The van der Waals surface area contributed by atoms with Gasteiger partial charge in [-0.25, -0.2) is 8.42 Å². The van der Waals surface area contributed by atoms with Crippen molar-refractivity contribution in [3.05, 3.63) is 53.1 Å². The van der Waals surface area contributed by atoms with Crippen molar-refractivity contribution in [3.8, 4) is 11.8 Å². The van der Waals surface area contributed by atoms with Crippen LogP contribution in [0, 0.1) is 11.8 Å². The third kappa shape index (κ3) is 2.67. The molecule has 1 fully saturated rings. The van der Waals surface area contributed by atoms with E-state index in [0.29, 0.717) is 23.9 Å². The molecule has 3 atom stereocenters. The van der Waals surface area contributed by atoms with Gasteiger partial charge in [-0.05, 0) is 62.4 Å². The van der Waals surface area contributed by atoms with Crippen molar-refractivity contribution in [2.75, 3.05) is 5.75 Å². The summed E-state index contributed by atoms with van der Waals surface area (Å²) in [7, 11) is -3.34. The molecule has 2 aliphatic heterocycles. The molecule has 5 rings (SSSR count). The molecule has 0 amide bonds. The fourth-order valence-corrected chi connectivity index (χ4v) is 8.79. The molecular formula is C23H24N2O2S2. The summed E-state index contributed by atoms with van der Waals surface area (Å²) in [6.45, 7) is 3.75. The number of nitrogens with two attached hydrogens (primary N) is 1. The molecule has 2 aliphatic carbocycles. The zero-order valence-electron chi connectivity index (χ0n) is 16.6. The Bertz CT molecular complexity index is 1160. The molecule has 2 unspecified atom stereocenters. The number of rotatable bonds is 1. The maximum absolute atomic E-state index is 13.2. The van der Waals surface area contributed by atoms with Crippen LogP contribution in [-0.2, 0) is 9.84 Å². The fourth-order valence-electron chi connectivity index (χ4n) is 4.97. The van der Waals surface area contributed by atoms with Crippen molar-refractivity contribution in [2.45, 2.75) is 59.5 Å². The maximum atomic E-state index is 13.2. The van der Waals surface area contributed by atoms with Gasteiger partial charge in [-0.15, -0.1) is 17.7 Å². The minimum Gasteiger partial charge on any atom is -0.386 e. The van der Waals surface area contributed by atoms with E-state index in [4.69, 9.17) is 10.7 Å². The third-order valence-electron chi connectivity index (χ3n) is 6.76. The second-order valence-corrected chi connectivity index (χ2v) is 12.1. The largest absolute Gasteiger partial charge is 0.386 e. The van der Waals surface area contributed by atoms with E-state index in [2.05, 4.69) is 48.3 Å². The lowest BCUT2D eigenvalue weighted by Gasteiger charge is -2.47. The van der Waals surface area contributed by atoms with E-state index in [1.165, 1.54) is 10.5 Å². The van der Waals surface area contributed by atoms with Crippen LogP contribution in [0.5, 0.6) is 0 Å². The molecule has 0 radical (unpaired) electrons. The van der Waals surface area contributed by atoms with Crippen LogP contribution in [0.25, 0.3) is 0 Å². The van der Waals surface area contributed by atoms with Crippen LogP contribution in [-0.4, -0.2) is 35.5 Å². The van der Waals surface area contributed by atoms with Gasteiger partial charge < -0.3 is 5.73 Å². The van der Waals surface area contributed by atoms with Crippen molar-refractivity contribution < 1.29 is 8.42 Å². The molecule has 0 aromatic heterocycles. The van der Waals surface area contributed by atoms with E-state index < -0.39 is 20.1 Å². The molecule has 150 valence electrons. The zero-order valence-corrected chi connectivity index (χ0v) is 18.2. The van der Waals surface area contributed by atoms with Gasteiger partial charge >= 0.3 is 0 Å². The van der Waals surface area contributed by atoms with Gasteiger partial charge in [-0.3, -0.25) is 4.99 Å². The summed E-state index contributed by atoms with van der Waals surface area (Å²) in [5, 5.41) is 0.321. The fraction of sp³-hybridized carbons (Fsp3) is 0.435. The molecule has 2 N–H and O–H groups in total. The second-order valence-electron chi connectivity index (χ2n) is 8.59. The monoisotopic (exact) mass is 424 g/mol. The van der Waals surface area contributed by atoms with Crippen molar-refractivity contribution in [3.63, 3.8) is 0 Å². The number of benzene rings is 1. The number of nitrogens with zero attached hydrogens (tertiary/aromatic N) is 1. The first-order valence-electron chi connectivity index (χ1n) is 10.00. The topological polar surface area (TPSA) is 72.5 Å². The zero-order chi connectivity index (χ0) is 20.4. The molecule has 1 spiro atoms. The van der Waals surface area contributed by atoms with Crippen LogP contribution < -0.4 is 5.73 Å². The molecule has 6 heteroatoms. The van der Waals surface area contributed by atoms with E-state index in [1.807, 2.05) is 25.6 Å². The molecule has 29 heavy (non-hydrogen) atoms. The highest BCUT2D eigenvalue weighted by atomic mass is 32.2. The van der Waals surface area contributed by atoms with Crippen molar-refractivity contribution in [1.82, 2.24) is 0 Å². The highest BCUT2D eigenvalue weighted by Crippen LogP contribution is 2.51. The standard InChI is InChI=1S/C23H24N2O2S2/c1-3-5-15-6-8-19-17(12-15)18-13-16(7-9-20(18)28-19)22(2)14-29(26,27)23(10-4-11-23)21(24)25-22/h6-9,12-13,18,20H,4,10-11,14H2,1-2H3,(H2,24,25)/t18?,20?,22-/m0/s1. The van der Waals surface area contributed by atoms with Crippen LogP contribution in [0.4, 0.5) is 0 Å². The van der Waals surface area contributed by atoms with E-state index in [1.54, 1.807) is 0 Å². The normalized spacial score (nSPS) is 32.9. The van der Waals surface area contributed by atoms with E-state index in [9.17, 15) is 8.42 Å². The SMILES string of the molecule is CC#Cc1ccc2c(c1)C1C=C([C@]3(C)CS(=O)(=O)C4(CCC4)C(N)=N3)C=CC1S2. The molecule has 2 heterocycles. The Morgan fingerprint density at radius 3 is 2.76 bits per heavy atom. The van der Waals surface area contributed by atoms with Gasteiger partial charge in [-0.2, -0.15) is 0 Å². The summed E-state index contributed by atoms with van der Waals surface area (Å²) in [5.74, 6) is 6.62. The number of allylic oxidation sites excluding steroid dienone is 1. The van der Waals surface area contributed by atoms with Crippen LogP contribution >= 0.6 is 11.8 Å². The first-order valence-corrected chi connectivity index (χ1v) is 12.5. The van der Waals surface area contributed by atoms with Crippen LogP contribution in [0.3, 0.4) is 0 Å². The second kappa shape index (κ2) is 6.26. The lowest BCUT2D eigenvalue weighted by Crippen LogP contribution is -2.62. The number of hydrogen-bond acceptors (Lipinski definition) is 5. The van der Waals surface area contributed by atoms with Crippen LogP contribution in [0.1, 0.15) is 50.2 Å². The summed E-state index contributed by atoms with van der Waals surface area (Å²) < 4.78 is 25.4. The summed E-state index contributed by atoms with van der Waals surface area (Å²) in [6, 6.07) is 6.37. The summed E-state index contributed by atoms with van der Waals surface area (Å²) in [5.41, 5.74) is 8.65. The predicted molar refractivity (Wildman–Crippen MR) is 119 cm³/mol. The lowest BCUT2D eigenvalue weighted by atomic mass is 9.80. The van der Waals surface area contributed by atoms with Crippen LogP contribution in [0.2, 0.25) is 0 Å². The third-order valence-corrected chi connectivity index (χ3v) is 10.9. The first kappa shape index (κ1) is 19.0. The minimum atomic E-state index is -3.34. The van der Waals surface area contributed by atoms with Gasteiger partial charge in [0.15, 0.2) is 9.84 Å². The Kier molecular flexibility index (Phi) is 4.11. The molecule has 1 aromatic rings. The Balaban J connectivity index is 1.56. The summed E-state index contributed by atoms with van der Waals surface area (Å²) in [6.07, 6.45) is 8.55. The molecule has 4 nitrogen and oxygen atoms in total. The van der Waals surface area contributed by atoms with Gasteiger partial charge in [0.25, 0.3) is 0 Å². The number of fused-ring (bicyclic) bond motifs is 3. The Morgan fingerprint density at radius 2 is 2.10 bits per heavy atom. The average molecular weight is 425 g/mol. The summed E-state index contributed by atoms with van der Waals surface area (Å²) in [4.78, 5) is 6.06. The smallest absolute Gasteiger partial charge is 0.165 e. The minimum absolute atomic E-state index is 0.0234. The Labute approximate surface area is 176 Å².